The lowest BCUT2D eigenvalue weighted by molar-refractivity contribution is -0.385. The van der Waals surface area contributed by atoms with Gasteiger partial charge in [0.15, 0.2) is 5.75 Å². The van der Waals surface area contributed by atoms with Gasteiger partial charge in [0, 0.05) is 11.6 Å². The van der Waals surface area contributed by atoms with Crippen LogP contribution in [0.1, 0.15) is 34.5 Å². The second-order valence-corrected chi connectivity index (χ2v) is 6.46. The number of hydrogen-bond acceptors (Lipinski definition) is 5. The van der Waals surface area contributed by atoms with Crippen LogP contribution in [0.3, 0.4) is 0 Å². The van der Waals surface area contributed by atoms with E-state index >= 15 is 0 Å². The molecule has 0 aliphatic carbocycles. The summed E-state index contributed by atoms with van der Waals surface area (Å²) >= 11 is 0. The van der Waals surface area contributed by atoms with Crippen LogP contribution in [-0.2, 0) is 0 Å². The number of nitro benzene ring substituents is 1. The van der Waals surface area contributed by atoms with Gasteiger partial charge in [0.2, 0.25) is 0 Å². The number of ether oxygens (including phenoxy) is 2. The number of carbonyl (C=O) groups excluding carboxylic acids is 1. The van der Waals surface area contributed by atoms with E-state index in [0.29, 0.717) is 12.4 Å². The summed E-state index contributed by atoms with van der Waals surface area (Å²) in [5.41, 5.74) is 1.68. The largest absolute Gasteiger partial charge is 0.497 e. The summed E-state index contributed by atoms with van der Waals surface area (Å²) in [7, 11) is 1.59. The first-order valence-corrected chi connectivity index (χ1v) is 9.44. The topological polar surface area (TPSA) is 90.7 Å². The third kappa shape index (κ3) is 4.75. The Morgan fingerprint density at radius 3 is 2.30 bits per heavy atom. The smallest absolute Gasteiger partial charge is 0.311 e. The third-order valence-corrected chi connectivity index (χ3v) is 4.58. The molecule has 1 amide bonds. The van der Waals surface area contributed by atoms with Gasteiger partial charge in [-0.15, -0.1) is 0 Å². The molecule has 3 aromatic carbocycles. The van der Waals surface area contributed by atoms with Gasteiger partial charge >= 0.3 is 5.69 Å². The predicted octanol–water partition coefficient (Wildman–Crippen LogP) is 4.52. The van der Waals surface area contributed by atoms with Gasteiger partial charge < -0.3 is 14.8 Å². The standard InChI is InChI=1S/C23H22N2O5/c1-3-30-21-14-11-18(15-20(21)25(27)28)23(26)24-22(16-7-5-4-6-8-16)17-9-12-19(29-2)13-10-17/h4-15,22H,3H2,1-2H3,(H,24,26). The molecule has 1 atom stereocenters. The number of amides is 1. The Morgan fingerprint density at radius 2 is 1.70 bits per heavy atom. The first-order valence-electron chi connectivity index (χ1n) is 9.44. The van der Waals surface area contributed by atoms with Crippen molar-refractivity contribution in [1.82, 2.24) is 5.32 Å². The highest BCUT2D eigenvalue weighted by Gasteiger charge is 2.22. The molecule has 3 aromatic rings. The van der Waals surface area contributed by atoms with E-state index in [1.165, 1.54) is 18.2 Å². The fourth-order valence-corrected chi connectivity index (χ4v) is 3.09. The molecule has 0 bridgehead atoms. The van der Waals surface area contributed by atoms with Crippen LogP contribution in [0.5, 0.6) is 11.5 Å². The summed E-state index contributed by atoms with van der Waals surface area (Å²) < 4.78 is 10.5. The maximum Gasteiger partial charge on any atom is 0.311 e. The van der Waals surface area contributed by atoms with Gasteiger partial charge in [-0.2, -0.15) is 0 Å². The molecule has 0 heterocycles. The number of nitro groups is 1. The lowest BCUT2D eigenvalue weighted by Gasteiger charge is -2.20. The number of hydrogen-bond donors (Lipinski definition) is 1. The van der Waals surface area contributed by atoms with Gasteiger partial charge in [-0.3, -0.25) is 14.9 Å². The van der Waals surface area contributed by atoms with Crippen LogP contribution in [0.15, 0.2) is 72.8 Å². The zero-order chi connectivity index (χ0) is 21.5. The highest BCUT2D eigenvalue weighted by atomic mass is 16.6. The molecule has 0 fully saturated rings. The average Bonchev–Trinajstić information content (AvgIpc) is 2.78. The van der Waals surface area contributed by atoms with Crippen LogP contribution in [0.4, 0.5) is 5.69 Å². The maximum atomic E-state index is 13.0. The Bertz CT molecular complexity index is 1020. The fraction of sp³-hybridized carbons (Fsp3) is 0.174. The normalized spacial score (nSPS) is 11.4. The van der Waals surface area contributed by atoms with Crippen molar-refractivity contribution in [3.8, 4) is 11.5 Å². The molecule has 3 rings (SSSR count). The van der Waals surface area contributed by atoms with E-state index in [1.807, 2.05) is 54.6 Å². The van der Waals surface area contributed by atoms with Crippen molar-refractivity contribution in [2.45, 2.75) is 13.0 Å². The highest BCUT2D eigenvalue weighted by molar-refractivity contribution is 5.95. The van der Waals surface area contributed by atoms with Crippen LogP contribution in [0, 0.1) is 10.1 Å². The van der Waals surface area contributed by atoms with Crippen LogP contribution in [0.25, 0.3) is 0 Å². The van der Waals surface area contributed by atoms with Crippen LogP contribution in [0.2, 0.25) is 0 Å². The van der Waals surface area contributed by atoms with Gasteiger partial charge in [-0.25, -0.2) is 0 Å². The predicted molar refractivity (Wildman–Crippen MR) is 113 cm³/mol. The number of nitrogens with zero attached hydrogens (tertiary/aromatic N) is 1. The van der Waals surface area contributed by atoms with E-state index in [1.54, 1.807) is 14.0 Å². The van der Waals surface area contributed by atoms with E-state index < -0.39 is 16.9 Å². The van der Waals surface area contributed by atoms with Crippen LogP contribution >= 0.6 is 0 Å². The zero-order valence-corrected chi connectivity index (χ0v) is 16.7. The second-order valence-electron chi connectivity index (χ2n) is 6.46. The Kier molecular flexibility index (Phi) is 6.64. The molecule has 7 heteroatoms. The molecule has 0 saturated carbocycles. The van der Waals surface area contributed by atoms with Crippen molar-refractivity contribution in [3.05, 3.63) is 99.6 Å². The summed E-state index contributed by atoms with van der Waals surface area (Å²) in [6.07, 6.45) is 0. The second kappa shape index (κ2) is 9.56. The molecule has 0 aliphatic rings. The monoisotopic (exact) mass is 406 g/mol. The Labute approximate surface area is 174 Å². The van der Waals surface area contributed by atoms with Crippen molar-refractivity contribution in [1.29, 1.82) is 0 Å². The molecule has 1 unspecified atom stereocenters. The van der Waals surface area contributed by atoms with Crippen LogP contribution in [-0.4, -0.2) is 24.5 Å². The van der Waals surface area contributed by atoms with Crippen molar-refractivity contribution in [2.75, 3.05) is 13.7 Å². The van der Waals surface area contributed by atoms with Crippen molar-refractivity contribution in [2.24, 2.45) is 0 Å². The Balaban J connectivity index is 1.93. The van der Waals surface area contributed by atoms with Gasteiger partial charge in [0.1, 0.15) is 5.75 Å². The number of rotatable bonds is 8. The van der Waals surface area contributed by atoms with E-state index in [9.17, 15) is 14.9 Å². The summed E-state index contributed by atoms with van der Waals surface area (Å²) in [6.45, 7) is 2.03. The Morgan fingerprint density at radius 1 is 1.03 bits per heavy atom. The van der Waals surface area contributed by atoms with Crippen molar-refractivity contribution < 1.29 is 19.2 Å². The van der Waals surface area contributed by atoms with E-state index in [4.69, 9.17) is 9.47 Å². The lowest BCUT2D eigenvalue weighted by Crippen LogP contribution is -2.29. The summed E-state index contributed by atoms with van der Waals surface area (Å²) in [4.78, 5) is 23.8. The molecule has 30 heavy (non-hydrogen) atoms. The number of methoxy groups -OCH3 is 1. The molecule has 0 aliphatic heterocycles. The quantitative estimate of drug-likeness (QED) is 0.439. The van der Waals surface area contributed by atoms with Crippen LogP contribution < -0.4 is 14.8 Å². The SMILES string of the molecule is CCOc1ccc(C(=O)NC(c2ccccc2)c2ccc(OC)cc2)cc1[N+](=O)[O-]. The minimum atomic E-state index is -0.556. The van der Waals surface area contributed by atoms with Gasteiger partial charge in [0.25, 0.3) is 5.91 Å². The summed E-state index contributed by atoms with van der Waals surface area (Å²) in [6, 6.07) is 20.6. The number of nitrogens with one attached hydrogen (secondary N) is 1. The number of benzene rings is 3. The number of carbonyl (C=O) groups is 1. The Hall–Kier alpha value is -3.87. The summed E-state index contributed by atoms with van der Waals surface area (Å²) in [5, 5.41) is 14.4. The fourth-order valence-electron chi connectivity index (χ4n) is 3.09. The minimum Gasteiger partial charge on any atom is -0.497 e. The zero-order valence-electron chi connectivity index (χ0n) is 16.7. The summed E-state index contributed by atoms with van der Waals surface area (Å²) in [5.74, 6) is 0.415. The molecular weight excluding hydrogens is 384 g/mol. The van der Waals surface area contributed by atoms with Crippen molar-refractivity contribution in [3.63, 3.8) is 0 Å². The molecule has 7 nitrogen and oxygen atoms in total. The van der Waals surface area contributed by atoms with E-state index in [0.717, 1.165) is 11.1 Å². The minimum absolute atomic E-state index is 0.133. The first kappa shape index (κ1) is 20.9. The first-order chi connectivity index (χ1) is 14.5. The van der Waals surface area contributed by atoms with Gasteiger partial charge in [0.05, 0.1) is 24.7 Å². The highest BCUT2D eigenvalue weighted by Crippen LogP contribution is 2.29. The van der Waals surface area contributed by atoms with E-state index in [2.05, 4.69) is 5.32 Å². The molecule has 0 aromatic heterocycles. The molecule has 0 saturated heterocycles. The van der Waals surface area contributed by atoms with E-state index in [-0.39, 0.29) is 17.0 Å². The average molecular weight is 406 g/mol. The molecule has 0 radical (unpaired) electrons. The maximum absolute atomic E-state index is 13.0. The van der Waals surface area contributed by atoms with Gasteiger partial charge in [-0.1, -0.05) is 42.5 Å². The molecule has 1 N–H and O–H groups in total. The molecule has 0 spiro atoms. The lowest BCUT2D eigenvalue weighted by atomic mass is 9.98. The van der Waals surface area contributed by atoms with Gasteiger partial charge in [-0.05, 0) is 42.3 Å². The molecule has 154 valence electrons. The molecular formula is C23H22N2O5. The van der Waals surface area contributed by atoms with Crippen molar-refractivity contribution >= 4 is 11.6 Å². The third-order valence-electron chi connectivity index (χ3n) is 4.58.